The summed E-state index contributed by atoms with van der Waals surface area (Å²) in [6, 6.07) is 11.6. The van der Waals surface area contributed by atoms with Crippen molar-refractivity contribution in [3.63, 3.8) is 0 Å². The number of hydrogen-bond acceptors (Lipinski definition) is 2. The average Bonchev–Trinajstić information content (AvgIpc) is 2.77. The fourth-order valence-corrected chi connectivity index (χ4v) is 1.76. The van der Waals surface area contributed by atoms with Crippen LogP contribution in [-0.2, 0) is 4.79 Å². The van der Waals surface area contributed by atoms with Crippen molar-refractivity contribution in [2.24, 2.45) is 0 Å². The highest BCUT2D eigenvalue weighted by atomic mass is 16.4. The first-order valence-corrected chi connectivity index (χ1v) is 5.65. The minimum absolute atomic E-state index is 0.578. The van der Waals surface area contributed by atoms with Gasteiger partial charge in [0.15, 0.2) is 0 Å². The normalized spacial score (nSPS) is 11.6. The van der Waals surface area contributed by atoms with Crippen LogP contribution in [0.1, 0.15) is 18.2 Å². The van der Waals surface area contributed by atoms with E-state index in [4.69, 9.17) is 9.52 Å². The second-order valence-corrected chi connectivity index (χ2v) is 4.20. The molecule has 0 amide bonds. The van der Waals surface area contributed by atoms with Gasteiger partial charge in [-0.25, -0.2) is 4.79 Å². The molecule has 18 heavy (non-hydrogen) atoms. The number of carboxylic acid groups (broad SMARTS) is 1. The van der Waals surface area contributed by atoms with Gasteiger partial charge in [-0.15, -0.1) is 0 Å². The van der Waals surface area contributed by atoms with E-state index in [1.54, 1.807) is 13.0 Å². The lowest BCUT2D eigenvalue weighted by molar-refractivity contribution is -0.131. The van der Waals surface area contributed by atoms with Crippen LogP contribution in [-0.4, -0.2) is 11.1 Å². The zero-order chi connectivity index (χ0) is 13.1. The van der Waals surface area contributed by atoms with Gasteiger partial charge in [0.1, 0.15) is 11.5 Å². The van der Waals surface area contributed by atoms with E-state index in [1.165, 1.54) is 0 Å². The third-order valence-corrected chi connectivity index (χ3v) is 2.64. The number of rotatable bonds is 3. The molecule has 0 fully saturated rings. The molecule has 3 nitrogen and oxygen atoms in total. The predicted octanol–water partition coefficient (Wildman–Crippen LogP) is 3.74. The number of allylic oxidation sites excluding steroid dienone is 1. The molecule has 0 radical (unpaired) electrons. The summed E-state index contributed by atoms with van der Waals surface area (Å²) in [6.45, 7) is 3.73. The third kappa shape index (κ3) is 2.69. The zero-order valence-electron chi connectivity index (χ0n) is 10.3. The molecule has 0 spiro atoms. The van der Waals surface area contributed by atoms with Gasteiger partial charge in [-0.1, -0.05) is 23.8 Å². The van der Waals surface area contributed by atoms with Crippen molar-refractivity contribution < 1.29 is 14.3 Å². The van der Waals surface area contributed by atoms with Crippen molar-refractivity contribution in [3.8, 4) is 11.3 Å². The Bertz CT molecular complexity index is 606. The van der Waals surface area contributed by atoms with Crippen LogP contribution >= 0.6 is 0 Å². The van der Waals surface area contributed by atoms with E-state index >= 15 is 0 Å². The Labute approximate surface area is 105 Å². The molecule has 0 atom stereocenters. The van der Waals surface area contributed by atoms with Crippen LogP contribution < -0.4 is 0 Å². The largest absolute Gasteiger partial charge is 0.478 e. The van der Waals surface area contributed by atoms with Gasteiger partial charge in [0.25, 0.3) is 0 Å². The number of aryl methyl sites for hydroxylation is 1. The molecule has 0 saturated heterocycles. The number of benzene rings is 1. The van der Waals surface area contributed by atoms with Crippen LogP contribution in [0.15, 0.2) is 46.9 Å². The highest BCUT2D eigenvalue weighted by Crippen LogP contribution is 2.26. The van der Waals surface area contributed by atoms with Crippen LogP contribution in [0.4, 0.5) is 0 Å². The molecule has 0 bridgehead atoms. The quantitative estimate of drug-likeness (QED) is 0.834. The highest BCUT2D eigenvalue weighted by Gasteiger charge is 2.07. The summed E-state index contributed by atoms with van der Waals surface area (Å²) >= 11 is 0. The fourth-order valence-electron chi connectivity index (χ4n) is 1.76. The Morgan fingerprint density at radius 2 is 2.06 bits per heavy atom. The standard InChI is InChI=1S/C15H14O3/c1-10-4-3-5-12(8-10)14-7-6-13(18-14)11(2)9-15(16)17/h3-9H,1-2H3,(H,16,17)/b11-9+. The zero-order valence-corrected chi connectivity index (χ0v) is 10.3. The molecular formula is C15H14O3. The van der Waals surface area contributed by atoms with Gasteiger partial charge >= 0.3 is 5.97 Å². The van der Waals surface area contributed by atoms with Crippen molar-refractivity contribution in [1.29, 1.82) is 0 Å². The van der Waals surface area contributed by atoms with Gasteiger partial charge in [-0.05, 0) is 37.6 Å². The molecule has 2 rings (SSSR count). The lowest BCUT2D eigenvalue weighted by Gasteiger charge is -1.99. The first-order chi connectivity index (χ1) is 8.56. The Morgan fingerprint density at radius 3 is 2.72 bits per heavy atom. The third-order valence-electron chi connectivity index (χ3n) is 2.64. The first-order valence-electron chi connectivity index (χ1n) is 5.65. The Morgan fingerprint density at radius 1 is 1.28 bits per heavy atom. The van der Waals surface area contributed by atoms with Crippen molar-refractivity contribution in [2.45, 2.75) is 13.8 Å². The summed E-state index contributed by atoms with van der Waals surface area (Å²) in [5.74, 6) is 0.349. The van der Waals surface area contributed by atoms with Gasteiger partial charge in [0.2, 0.25) is 0 Å². The van der Waals surface area contributed by atoms with Gasteiger partial charge in [0, 0.05) is 11.6 Å². The minimum Gasteiger partial charge on any atom is -0.478 e. The second-order valence-electron chi connectivity index (χ2n) is 4.20. The number of carboxylic acids is 1. The molecule has 0 unspecified atom stereocenters. The second kappa shape index (κ2) is 4.92. The van der Waals surface area contributed by atoms with E-state index in [0.717, 1.165) is 23.0 Å². The number of hydrogen-bond donors (Lipinski definition) is 1. The number of furan rings is 1. The molecule has 3 heteroatoms. The summed E-state index contributed by atoms with van der Waals surface area (Å²) in [4.78, 5) is 10.6. The molecule has 1 aromatic carbocycles. The molecule has 2 aromatic rings. The first kappa shape index (κ1) is 12.2. The fraction of sp³-hybridized carbons (Fsp3) is 0.133. The Kier molecular flexibility index (Phi) is 3.33. The SMILES string of the molecule is C/C(=C\C(=O)O)c1ccc(-c2cccc(C)c2)o1. The Balaban J connectivity index is 2.34. The van der Waals surface area contributed by atoms with Crippen molar-refractivity contribution in [3.05, 3.63) is 53.8 Å². The average molecular weight is 242 g/mol. The highest BCUT2D eigenvalue weighted by molar-refractivity contribution is 5.88. The van der Waals surface area contributed by atoms with E-state index in [0.29, 0.717) is 11.3 Å². The molecule has 0 aliphatic heterocycles. The summed E-state index contributed by atoms with van der Waals surface area (Å²) in [5.41, 5.74) is 2.74. The summed E-state index contributed by atoms with van der Waals surface area (Å²) in [5, 5.41) is 8.69. The summed E-state index contributed by atoms with van der Waals surface area (Å²) in [7, 11) is 0. The van der Waals surface area contributed by atoms with Gasteiger partial charge in [-0.3, -0.25) is 0 Å². The maximum atomic E-state index is 10.6. The lowest BCUT2D eigenvalue weighted by Crippen LogP contribution is -1.88. The lowest BCUT2D eigenvalue weighted by atomic mass is 10.1. The molecule has 1 aromatic heterocycles. The van der Waals surface area contributed by atoms with E-state index in [2.05, 4.69) is 0 Å². The van der Waals surface area contributed by atoms with Gasteiger partial charge < -0.3 is 9.52 Å². The maximum Gasteiger partial charge on any atom is 0.328 e. The van der Waals surface area contributed by atoms with E-state index < -0.39 is 5.97 Å². The van der Waals surface area contributed by atoms with Crippen LogP contribution in [0.3, 0.4) is 0 Å². The molecule has 1 N–H and O–H groups in total. The van der Waals surface area contributed by atoms with Crippen LogP contribution in [0.5, 0.6) is 0 Å². The van der Waals surface area contributed by atoms with Gasteiger partial charge in [-0.2, -0.15) is 0 Å². The molecule has 92 valence electrons. The van der Waals surface area contributed by atoms with E-state index in [-0.39, 0.29) is 0 Å². The van der Waals surface area contributed by atoms with E-state index in [1.807, 2.05) is 37.3 Å². The summed E-state index contributed by atoms with van der Waals surface area (Å²) in [6.07, 6.45) is 1.14. The van der Waals surface area contributed by atoms with Crippen LogP contribution in [0.2, 0.25) is 0 Å². The van der Waals surface area contributed by atoms with E-state index in [9.17, 15) is 4.79 Å². The number of aliphatic carboxylic acids is 1. The topological polar surface area (TPSA) is 50.4 Å². The minimum atomic E-state index is -0.971. The molecule has 0 saturated carbocycles. The van der Waals surface area contributed by atoms with Crippen LogP contribution in [0.25, 0.3) is 16.9 Å². The molecule has 1 heterocycles. The molecule has 0 aliphatic carbocycles. The molecule has 0 aliphatic rings. The number of carbonyl (C=O) groups is 1. The summed E-state index contributed by atoms with van der Waals surface area (Å²) < 4.78 is 5.66. The molecular weight excluding hydrogens is 228 g/mol. The van der Waals surface area contributed by atoms with Crippen LogP contribution in [0, 0.1) is 6.92 Å². The van der Waals surface area contributed by atoms with Crippen molar-refractivity contribution in [2.75, 3.05) is 0 Å². The predicted molar refractivity (Wildman–Crippen MR) is 70.2 cm³/mol. The maximum absolute atomic E-state index is 10.6. The Hall–Kier alpha value is -2.29. The smallest absolute Gasteiger partial charge is 0.328 e. The van der Waals surface area contributed by atoms with Gasteiger partial charge in [0.05, 0.1) is 0 Å². The monoisotopic (exact) mass is 242 g/mol. The van der Waals surface area contributed by atoms with Crippen molar-refractivity contribution in [1.82, 2.24) is 0 Å². The van der Waals surface area contributed by atoms with Crippen molar-refractivity contribution >= 4 is 11.5 Å².